The van der Waals surface area contributed by atoms with Crippen molar-refractivity contribution in [2.75, 3.05) is 13.1 Å². The highest BCUT2D eigenvalue weighted by Crippen LogP contribution is 2.28. The molecular weight excluding hydrogens is 213 g/mol. The zero-order chi connectivity index (χ0) is 12.1. The van der Waals surface area contributed by atoms with Crippen molar-refractivity contribution in [3.63, 3.8) is 0 Å². The van der Waals surface area contributed by atoms with Crippen LogP contribution in [0.3, 0.4) is 0 Å². The van der Waals surface area contributed by atoms with Crippen molar-refractivity contribution < 1.29 is 4.39 Å². The first-order chi connectivity index (χ1) is 8.27. The Morgan fingerprint density at radius 1 is 1.29 bits per heavy atom. The summed E-state index contributed by atoms with van der Waals surface area (Å²) in [6.45, 7) is 3.87. The Kier molecular flexibility index (Phi) is 4.55. The van der Waals surface area contributed by atoms with Gasteiger partial charge in [0.1, 0.15) is 0 Å². The van der Waals surface area contributed by atoms with E-state index >= 15 is 0 Å². The molecule has 0 amide bonds. The third-order valence-corrected chi connectivity index (χ3v) is 3.65. The Morgan fingerprint density at radius 3 is 2.71 bits per heavy atom. The van der Waals surface area contributed by atoms with Crippen LogP contribution in [0.5, 0.6) is 0 Å². The zero-order valence-electron chi connectivity index (χ0n) is 10.6. The molecule has 1 N–H and O–H groups in total. The van der Waals surface area contributed by atoms with Crippen molar-refractivity contribution in [2.45, 2.75) is 44.7 Å². The summed E-state index contributed by atoms with van der Waals surface area (Å²) in [5.74, 6) is 0.669. The van der Waals surface area contributed by atoms with Crippen LogP contribution in [0.25, 0.3) is 0 Å². The number of piperidine rings is 1. The summed E-state index contributed by atoms with van der Waals surface area (Å²) in [4.78, 5) is 0. The van der Waals surface area contributed by atoms with Crippen LogP contribution in [-0.2, 0) is 6.42 Å². The molecule has 1 nitrogen and oxygen atoms in total. The smallest absolute Gasteiger partial charge is 0.0976 e. The molecule has 0 bridgehead atoms. The largest absolute Gasteiger partial charge is 0.317 e. The Balaban J connectivity index is 2.09. The summed E-state index contributed by atoms with van der Waals surface area (Å²) in [5.41, 5.74) is 2.80. The first-order valence-electron chi connectivity index (χ1n) is 6.70. The Hall–Kier alpha value is -0.890. The van der Waals surface area contributed by atoms with Gasteiger partial charge in [0.2, 0.25) is 0 Å². The van der Waals surface area contributed by atoms with Gasteiger partial charge in [-0.1, -0.05) is 24.3 Å². The molecule has 1 aromatic rings. The van der Waals surface area contributed by atoms with Crippen molar-refractivity contribution in [3.05, 3.63) is 35.4 Å². The Morgan fingerprint density at radius 2 is 2.00 bits per heavy atom. The van der Waals surface area contributed by atoms with Gasteiger partial charge in [-0.25, -0.2) is 4.39 Å². The fourth-order valence-electron chi connectivity index (χ4n) is 2.65. The maximum absolute atomic E-state index is 13.0. The van der Waals surface area contributed by atoms with E-state index in [1.54, 1.807) is 6.92 Å². The average molecular weight is 235 g/mol. The molecule has 0 spiro atoms. The lowest BCUT2D eigenvalue weighted by Crippen LogP contribution is -2.27. The summed E-state index contributed by atoms with van der Waals surface area (Å²) >= 11 is 0. The highest BCUT2D eigenvalue weighted by atomic mass is 19.1. The minimum absolute atomic E-state index is 0.641. The van der Waals surface area contributed by atoms with Crippen molar-refractivity contribution in [1.29, 1.82) is 0 Å². The van der Waals surface area contributed by atoms with Crippen LogP contribution in [-0.4, -0.2) is 19.3 Å². The van der Waals surface area contributed by atoms with Gasteiger partial charge in [-0.3, -0.25) is 0 Å². The van der Waals surface area contributed by atoms with Gasteiger partial charge in [0, 0.05) is 0 Å². The number of benzene rings is 1. The van der Waals surface area contributed by atoms with Crippen LogP contribution in [0, 0.1) is 0 Å². The summed E-state index contributed by atoms with van der Waals surface area (Å²) in [5, 5.41) is 3.39. The number of rotatable bonds is 4. The molecule has 1 saturated heterocycles. The van der Waals surface area contributed by atoms with Crippen molar-refractivity contribution in [2.24, 2.45) is 0 Å². The maximum atomic E-state index is 13.0. The minimum Gasteiger partial charge on any atom is -0.317 e. The highest BCUT2D eigenvalue weighted by molar-refractivity contribution is 5.31. The van der Waals surface area contributed by atoms with Crippen LogP contribution >= 0.6 is 0 Å². The van der Waals surface area contributed by atoms with Crippen molar-refractivity contribution in [3.8, 4) is 0 Å². The number of halogens is 1. The van der Waals surface area contributed by atoms with Gasteiger partial charge in [0.15, 0.2) is 0 Å². The van der Waals surface area contributed by atoms with Gasteiger partial charge in [-0.2, -0.15) is 0 Å². The molecule has 0 aliphatic carbocycles. The summed E-state index contributed by atoms with van der Waals surface area (Å²) < 4.78 is 13.0. The second-order valence-corrected chi connectivity index (χ2v) is 5.04. The molecule has 1 unspecified atom stereocenters. The van der Waals surface area contributed by atoms with Gasteiger partial charge >= 0.3 is 0 Å². The second kappa shape index (κ2) is 6.15. The van der Waals surface area contributed by atoms with Crippen molar-refractivity contribution >= 4 is 0 Å². The van der Waals surface area contributed by atoms with Gasteiger partial charge in [-0.05, 0) is 62.7 Å². The quantitative estimate of drug-likeness (QED) is 0.843. The molecule has 1 atom stereocenters. The van der Waals surface area contributed by atoms with Gasteiger partial charge in [-0.15, -0.1) is 0 Å². The SMILES string of the molecule is CC(F)CCc1ccccc1C1CCNCC1. The number of hydrogen-bond acceptors (Lipinski definition) is 1. The van der Waals surface area contributed by atoms with Crippen LogP contribution in [0.15, 0.2) is 24.3 Å². The average Bonchev–Trinajstić information content (AvgIpc) is 2.38. The topological polar surface area (TPSA) is 12.0 Å². The number of nitrogens with one attached hydrogen (secondary N) is 1. The summed E-state index contributed by atoms with van der Waals surface area (Å²) in [7, 11) is 0. The number of aryl methyl sites for hydroxylation is 1. The van der Waals surface area contributed by atoms with Gasteiger partial charge in [0.05, 0.1) is 6.17 Å². The van der Waals surface area contributed by atoms with E-state index in [1.807, 2.05) is 0 Å². The standard InChI is InChI=1S/C15H22FN/c1-12(16)6-7-13-4-2-3-5-15(13)14-8-10-17-11-9-14/h2-5,12,14,17H,6-11H2,1H3. The zero-order valence-corrected chi connectivity index (χ0v) is 10.6. The molecule has 1 aromatic carbocycles. The first kappa shape index (κ1) is 12.6. The molecule has 2 rings (SSSR count). The second-order valence-electron chi connectivity index (χ2n) is 5.04. The van der Waals surface area contributed by atoms with Gasteiger partial charge < -0.3 is 5.32 Å². The van der Waals surface area contributed by atoms with Crippen LogP contribution < -0.4 is 5.32 Å². The molecule has 0 radical (unpaired) electrons. The van der Waals surface area contributed by atoms with E-state index in [0.29, 0.717) is 12.3 Å². The maximum Gasteiger partial charge on any atom is 0.0976 e. The Bertz CT molecular complexity index is 343. The third kappa shape index (κ3) is 3.53. The van der Waals surface area contributed by atoms with E-state index in [0.717, 1.165) is 19.5 Å². The Labute approximate surface area is 103 Å². The van der Waals surface area contributed by atoms with Crippen LogP contribution in [0.2, 0.25) is 0 Å². The van der Waals surface area contributed by atoms with E-state index in [4.69, 9.17) is 0 Å². The van der Waals surface area contributed by atoms with E-state index in [-0.39, 0.29) is 0 Å². The molecule has 1 aliphatic rings. The normalized spacial score (nSPS) is 19.2. The lowest BCUT2D eigenvalue weighted by Gasteiger charge is -2.25. The molecule has 0 aromatic heterocycles. The van der Waals surface area contributed by atoms with E-state index < -0.39 is 6.17 Å². The molecule has 1 heterocycles. The lowest BCUT2D eigenvalue weighted by atomic mass is 9.86. The summed E-state index contributed by atoms with van der Waals surface area (Å²) in [6, 6.07) is 8.58. The van der Waals surface area contributed by atoms with Gasteiger partial charge in [0.25, 0.3) is 0 Å². The molecule has 1 fully saturated rings. The van der Waals surface area contributed by atoms with Crippen molar-refractivity contribution in [1.82, 2.24) is 5.32 Å². The highest BCUT2D eigenvalue weighted by Gasteiger charge is 2.17. The number of alkyl halides is 1. The summed E-state index contributed by atoms with van der Waals surface area (Å²) in [6.07, 6.45) is 3.24. The van der Waals surface area contributed by atoms with Crippen LogP contribution in [0.1, 0.15) is 43.2 Å². The third-order valence-electron chi connectivity index (χ3n) is 3.65. The van der Waals surface area contributed by atoms with E-state index in [1.165, 1.54) is 24.0 Å². The predicted molar refractivity (Wildman–Crippen MR) is 70.2 cm³/mol. The molecule has 2 heteroatoms. The van der Waals surface area contributed by atoms with Crippen LogP contribution in [0.4, 0.5) is 4.39 Å². The monoisotopic (exact) mass is 235 g/mol. The molecule has 1 aliphatic heterocycles. The van der Waals surface area contributed by atoms with E-state index in [2.05, 4.69) is 29.6 Å². The fraction of sp³-hybridized carbons (Fsp3) is 0.600. The molecule has 94 valence electrons. The van der Waals surface area contributed by atoms with E-state index in [9.17, 15) is 4.39 Å². The number of hydrogen-bond donors (Lipinski definition) is 1. The minimum atomic E-state index is -0.698. The lowest BCUT2D eigenvalue weighted by molar-refractivity contribution is 0.341. The molecular formula is C15H22FN. The first-order valence-corrected chi connectivity index (χ1v) is 6.70. The predicted octanol–water partition coefficient (Wildman–Crippen LogP) is 3.44. The molecule has 17 heavy (non-hydrogen) atoms. The fourth-order valence-corrected chi connectivity index (χ4v) is 2.65. The molecule has 0 saturated carbocycles.